The summed E-state index contributed by atoms with van der Waals surface area (Å²) in [4.78, 5) is 0. The van der Waals surface area contributed by atoms with Gasteiger partial charge >= 0.3 is 23.1 Å². The summed E-state index contributed by atoms with van der Waals surface area (Å²) in [5.74, 6) is 0. The van der Waals surface area contributed by atoms with Gasteiger partial charge in [0.2, 0.25) is 0 Å². The molecule has 1 heteroatoms. The van der Waals surface area contributed by atoms with Gasteiger partial charge in [-0.3, -0.25) is 0 Å². The number of rotatable bonds is 0. The van der Waals surface area contributed by atoms with Crippen LogP contribution in [0.15, 0.2) is 24.3 Å². The first-order chi connectivity index (χ1) is 3.39. The Kier molecular flexibility index (Phi) is 7.97. The second-order valence-electron chi connectivity index (χ2n) is 1.58. The minimum atomic E-state index is 0. The molecular formula is C8H10Mg. The van der Waals surface area contributed by atoms with E-state index in [1.807, 2.05) is 24.3 Å². The Bertz CT molecular complexity index is 134. The van der Waals surface area contributed by atoms with Crippen molar-refractivity contribution < 1.29 is 0 Å². The van der Waals surface area contributed by atoms with Crippen LogP contribution in [0.3, 0.4) is 0 Å². The molecule has 0 saturated carbocycles. The quantitative estimate of drug-likeness (QED) is 0.372. The fourth-order valence-electron chi connectivity index (χ4n) is 0.470. The van der Waals surface area contributed by atoms with Crippen molar-refractivity contribution in [2.75, 3.05) is 0 Å². The predicted molar refractivity (Wildman–Crippen MR) is 42.2 cm³/mol. The van der Waals surface area contributed by atoms with Crippen LogP contribution in [0.25, 0.3) is 0 Å². The summed E-state index contributed by atoms with van der Waals surface area (Å²) in [7, 11) is 0. The van der Waals surface area contributed by atoms with E-state index in [4.69, 9.17) is 0 Å². The molecule has 1 aromatic rings. The van der Waals surface area contributed by atoms with Gasteiger partial charge in [-0.25, -0.2) is 0 Å². The van der Waals surface area contributed by atoms with Crippen LogP contribution in [0.5, 0.6) is 0 Å². The Morgan fingerprint density at radius 2 is 1.67 bits per heavy atom. The smallest absolute Gasteiger partial charge is 0.358 e. The van der Waals surface area contributed by atoms with Crippen molar-refractivity contribution in [3.63, 3.8) is 0 Å². The molecule has 0 bridgehead atoms. The van der Waals surface area contributed by atoms with E-state index < -0.39 is 0 Å². The Labute approximate surface area is 73.4 Å². The molecular weight excluding hydrogens is 120 g/mol. The molecule has 0 amide bonds. The molecule has 0 radical (unpaired) electrons. The predicted octanol–water partition coefficient (Wildman–Crippen LogP) is 1.86. The second kappa shape index (κ2) is 6.11. The van der Waals surface area contributed by atoms with Crippen molar-refractivity contribution in [3.8, 4) is 0 Å². The normalized spacial score (nSPS) is 6.78. The molecule has 1 rings (SSSR count). The minimum Gasteiger partial charge on any atom is -0.358 e. The fourth-order valence-corrected chi connectivity index (χ4v) is 0.470. The first-order valence-electron chi connectivity index (χ1n) is 2.32. The van der Waals surface area contributed by atoms with E-state index in [9.17, 15) is 0 Å². The van der Waals surface area contributed by atoms with E-state index >= 15 is 0 Å². The van der Waals surface area contributed by atoms with Crippen molar-refractivity contribution in [1.82, 2.24) is 0 Å². The average Bonchev–Trinajstić information content (AvgIpc) is 1.69. The zero-order chi connectivity index (χ0) is 5.11. The minimum absolute atomic E-state index is 0. The van der Waals surface area contributed by atoms with E-state index in [2.05, 4.69) is 13.0 Å². The van der Waals surface area contributed by atoms with Crippen molar-refractivity contribution in [3.05, 3.63) is 43.3 Å². The van der Waals surface area contributed by atoms with Crippen molar-refractivity contribution in [2.45, 2.75) is 6.92 Å². The Balaban J connectivity index is 0. The Morgan fingerprint density at radius 1 is 1.22 bits per heavy atom. The molecule has 0 aliphatic rings. The van der Waals surface area contributed by atoms with Gasteiger partial charge in [0.15, 0.2) is 0 Å². The third kappa shape index (κ3) is 4.49. The average molecular weight is 130 g/mol. The third-order valence-corrected chi connectivity index (χ3v) is 0.885. The molecule has 44 valence electrons. The van der Waals surface area contributed by atoms with Gasteiger partial charge in [0.25, 0.3) is 0 Å². The molecule has 0 aliphatic carbocycles. The van der Waals surface area contributed by atoms with Gasteiger partial charge in [-0.15, -0.1) is 0 Å². The summed E-state index contributed by atoms with van der Waals surface area (Å²) >= 11 is 0. The maximum atomic E-state index is 2.93. The van der Waals surface area contributed by atoms with Gasteiger partial charge in [-0.1, -0.05) is 6.92 Å². The van der Waals surface area contributed by atoms with E-state index in [-0.39, 0.29) is 30.5 Å². The number of hydrogen-bond acceptors (Lipinski definition) is 0. The maximum absolute atomic E-state index is 2.93. The molecule has 0 spiro atoms. The van der Waals surface area contributed by atoms with E-state index in [1.54, 1.807) is 0 Å². The van der Waals surface area contributed by atoms with Crippen LogP contribution in [0, 0.1) is 20.4 Å². The summed E-state index contributed by atoms with van der Waals surface area (Å²) in [6, 6.07) is 10.8. The first kappa shape index (κ1) is 11.7. The molecule has 0 heterocycles. The van der Waals surface area contributed by atoms with E-state index in [1.165, 1.54) is 5.56 Å². The van der Waals surface area contributed by atoms with Crippen LogP contribution in [0.1, 0.15) is 5.56 Å². The van der Waals surface area contributed by atoms with Crippen molar-refractivity contribution >= 4 is 23.1 Å². The van der Waals surface area contributed by atoms with Crippen LogP contribution < -0.4 is 0 Å². The summed E-state index contributed by atoms with van der Waals surface area (Å²) < 4.78 is 0. The number of hydrogen-bond donors (Lipinski definition) is 0. The fraction of sp³-hybridized carbons (Fsp3) is 0.125. The summed E-state index contributed by atoms with van der Waals surface area (Å²) in [5.41, 5.74) is 1.29. The third-order valence-electron chi connectivity index (χ3n) is 0.885. The standard InChI is InChI=1S/C7H7.CH3.Mg/c1-7-5-3-2-4-6-7;;/h3-6H,1H3;1H3;/q2*-1;+2. The topological polar surface area (TPSA) is 0 Å². The zero-order valence-corrected chi connectivity index (χ0v) is 7.43. The van der Waals surface area contributed by atoms with Crippen molar-refractivity contribution in [2.24, 2.45) is 0 Å². The van der Waals surface area contributed by atoms with Gasteiger partial charge in [-0.05, 0) is 0 Å². The van der Waals surface area contributed by atoms with E-state index in [0.717, 1.165) is 0 Å². The molecule has 0 aliphatic heterocycles. The molecule has 0 nitrogen and oxygen atoms in total. The van der Waals surface area contributed by atoms with Crippen LogP contribution in [-0.4, -0.2) is 23.1 Å². The first-order valence-corrected chi connectivity index (χ1v) is 2.32. The molecule has 0 saturated heterocycles. The van der Waals surface area contributed by atoms with Gasteiger partial charge in [0, 0.05) is 0 Å². The summed E-state index contributed by atoms with van der Waals surface area (Å²) in [5, 5.41) is 0. The van der Waals surface area contributed by atoms with Crippen LogP contribution in [-0.2, 0) is 0 Å². The molecule has 0 unspecified atom stereocenters. The Morgan fingerprint density at radius 3 is 1.89 bits per heavy atom. The molecule has 9 heavy (non-hydrogen) atoms. The Hall–Kier alpha value is -0.0138. The molecule has 1 aromatic carbocycles. The summed E-state index contributed by atoms with van der Waals surface area (Å²) in [6.45, 7) is 2.06. The molecule has 0 atom stereocenters. The van der Waals surface area contributed by atoms with Crippen LogP contribution in [0.4, 0.5) is 0 Å². The zero-order valence-electron chi connectivity index (χ0n) is 6.02. The van der Waals surface area contributed by atoms with Gasteiger partial charge in [0.1, 0.15) is 0 Å². The van der Waals surface area contributed by atoms with E-state index in [0.29, 0.717) is 0 Å². The molecule has 0 fully saturated rings. The number of aryl methyl sites for hydroxylation is 1. The molecule has 0 N–H and O–H groups in total. The van der Waals surface area contributed by atoms with Crippen LogP contribution in [0.2, 0.25) is 0 Å². The van der Waals surface area contributed by atoms with Gasteiger partial charge in [-0.2, -0.15) is 35.9 Å². The van der Waals surface area contributed by atoms with Crippen LogP contribution >= 0.6 is 0 Å². The molecule has 0 aromatic heterocycles. The second-order valence-corrected chi connectivity index (χ2v) is 1.58. The van der Waals surface area contributed by atoms with Gasteiger partial charge in [0.05, 0.1) is 0 Å². The summed E-state index contributed by atoms with van der Waals surface area (Å²) in [6.07, 6.45) is 0. The maximum Gasteiger partial charge on any atom is 2.00 e. The number of benzene rings is 1. The largest absolute Gasteiger partial charge is 2.00 e. The van der Waals surface area contributed by atoms with Crippen molar-refractivity contribution in [1.29, 1.82) is 0 Å². The SMILES string of the molecule is Cc1cc[c-]cc1.[CH3-].[Mg+2]. The monoisotopic (exact) mass is 130 g/mol. The van der Waals surface area contributed by atoms with Gasteiger partial charge < -0.3 is 7.43 Å².